The van der Waals surface area contributed by atoms with Gasteiger partial charge in [0.1, 0.15) is 6.04 Å². The fraction of sp³-hybridized carbons (Fsp3) is 0.300. The average Bonchev–Trinajstić information content (AvgIpc) is 3.03. The topological polar surface area (TPSA) is 61.4 Å². The van der Waals surface area contributed by atoms with Crippen LogP contribution in [0.4, 0.5) is 17.1 Å². The molecule has 0 unspecified atom stereocenters. The molecule has 5 nitrogen and oxygen atoms in total. The fourth-order valence-electron chi connectivity index (χ4n) is 3.05. The second-order valence-electron chi connectivity index (χ2n) is 6.51. The highest BCUT2D eigenvalue weighted by molar-refractivity contribution is 9.10. The number of aryl methyl sites for hydroxylation is 1. The zero-order valence-corrected chi connectivity index (χ0v) is 16.5. The summed E-state index contributed by atoms with van der Waals surface area (Å²) in [6.07, 6.45) is 1.53. The van der Waals surface area contributed by atoms with Crippen molar-refractivity contribution < 1.29 is 9.59 Å². The van der Waals surface area contributed by atoms with Crippen LogP contribution in [0, 0.1) is 6.92 Å². The minimum atomic E-state index is -0.391. The molecule has 0 saturated carbocycles. The molecule has 2 aromatic rings. The molecule has 136 valence electrons. The fourth-order valence-corrected chi connectivity index (χ4v) is 3.31. The van der Waals surface area contributed by atoms with Gasteiger partial charge in [-0.2, -0.15) is 0 Å². The summed E-state index contributed by atoms with van der Waals surface area (Å²) in [6, 6.07) is 12.9. The molecular formula is C20H22BrN3O2. The Balaban J connectivity index is 1.64. The summed E-state index contributed by atoms with van der Waals surface area (Å²) in [5.74, 6) is 0.0693. The van der Waals surface area contributed by atoms with Crippen LogP contribution in [0.25, 0.3) is 0 Å². The summed E-state index contributed by atoms with van der Waals surface area (Å²) in [4.78, 5) is 26.1. The van der Waals surface area contributed by atoms with E-state index in [0.717, 1.165) is 40.1 Å². The SMILES string of the molecule is Cc1cc(N[C@@H](C)C(=O)Nc2ccc(Br)cc2)ccc1N1CCCC1=O. The number of carbonyl (C=O) groups excluding carboxylic acids is 2. The van der Waals surface area contributed by atoms with Crippen molar-refractivity contribution in [2.24, 2.45) is 0 Å². The number of halogens is 1. The van der Waals surface area contributed by atoms with Gasteiger partial charge >= 0.3 is 0 Å². The lowest BCUT2D eigenvalue weighted by molar-refractivity contribution is -0.117. The number of carbonyl (C=O) groups is 2. The van der Waals surface area contributed by atoms with Crippen molar-refractivity contribution in [2.45, 2.75) is 32.7 Å². The molecule has 2 N–H and O–H groups in total. The van der Waals surface area contributed by atoms with E-state index in [9.17, 15) is 9.59 Å². The van der Waals surface area contributed by atoms with Crippen LogP contribution in [0.5, 0.6) is 0 Å². The van der Waals surface area contributed by atoms with Crippen molar-refractivity contribution in [1.82, 2.24) is 0 Å². The highest BCUT2D eigenvalue weighted by Crippen LogP contribution is 2.27. The second-order valence-corrected chi connectivity index (χ2v) is 7.43. The van der Waals surface area contributed by atoms with Crippen LogP contribution in [0.1, 0.15) is 25.3 Å². The zero-order valence-electron chi connectivity index (χ0n) is 14.9. The largest absolute Gasteiger partial charge is 0.374 e. The summed E-state index contributed by atoms with van der Waals surface area (Å²) in [5, 5.41) is 6.11. The number of benzene rings is 2. The molecule has 1 atom stereocenters. The third-order valence-corrected chi connectivity index (χ3v) is 4.98. The van der Waals surface area contributed by atoms with E-state index in [4.69, 9.17) is 0 Å². The van der Waals surface area contributed by atoms with Gasteiger partial charge in [0.15, 0.2) is 0 Å². The standard InChI is InChI=1S/C20H22BrN3O2/c1-13-12-17(9-10-18(13)24-11-3-4-19(24)25)22-14(2)20(26)23-16-7-5-15(21)6-8-16/h5-10,12,14,22H,3-4,11H2,1-2H3,(H,23,26)/t14-/m0/s1. The summed E-state index contributed by atoms with van der Waals surface area (Å²) in [6.45, 7) is 4.58. The van der Waals surface area contributed by atoms with Crippen LogP contribution in [0.15, 0.2) is 46.9 Å². The van der Waals surface area contributed by atoms with Crippen LogP contribution in [0.2, 0.25) is 0 Å². The molecule has 26 heavy (non-hydrogen) atoms. The van der Waals surface area contributed by atoms with E-state index in [1.165, 1.54) is 0 Å². The Morgan fingerprint density at radius 1 is 1.15 bits per heavy atom. The molecule has 1 heterocycles. The highest BCUT2D eigenvalue weighted by Gasteiger charge is 2.23. The number of amides is 2. The Morgan fingerprint density at radius 2 is 1.85 bits per heavy atom. The van der Waals surface area contributed by atoms with E-state index < -0.39 is 6.04 Å². The number of nitrogens with zero attached hydrogens (tertiary/aromatic N) is 1. The zero-order chi connectivity index (χ0) is 18.7. The molecule has 1 saturated heterocycles. The normalized spacial score (nSPS) is 15.0. The Morgan fingerprint density at radius 3 is 2.46 bits per heavy atom. The van der Waals surface area contributed by atoms with Gasteiger partial charge in [0.2, 0.25) is 11.8 Å². The van der Waals surface area contributed by atoms with Gasteiger partial charge in [0, 0.05) is 34.5 Å². The van der Waals surface area contributed by atoms with Crippen molar-refractivity contribution in [3.05, 3.63) is 52.5 Å². The van der Waals surface area contributed by atoms with Crippen molar-refractivity contribution in [3.63, 3.8) is 0 Å². The number of rotatable bonds is 5. The Bertz CT molecular complexity index is 820. The predicted octanol–water partition coefficient (Wildman–Crippen LogP) is 4.32. The van der Waals surface area contributed by atoms with Gasteiger partial charge in [-0.05, 0) is 68.3 Å². The van der Waals surface area contributed by atoms with Crippen LogP contribution < -0.4 is 15.5 Å². The molecule has 1 aliphatic rings. The van der Waals surface area contributed by atoms with Gasteiger partial charge in [0.05, 0.1) is 0 Å². The van der Waals surface area contributed by atoms with E-state index in [0.29, 0.717) is 6.42 Å². The first-order valence-electron chi connectivity index (χ1n) is 8.68. The van der Waals surface area contributed by atoms with Gasteiger partial charge < -0.3 is 15.5 Å². The lowest BCUT2D eigenvalue weighted by atomic mass is 10.1. The number of nitrogens with one attached hydrogen (secondary N) is 2. The van der Waals surface area contributed by atoms with Gasteiger partial charge in [-0.25, -0.2) is 0 Å². The first-order valence-corrected chi connectivity index (χ1v) is 9.47. The average molecular weight is 416 g/mol. The first-order chi connectivity index (χ1) is 12.4. The lowest BCUT2D eigenvalue weighted by Crippen LogP contribution is -2.32. The van der Waals surface area contributed by atoms with Crippen molar-refractivity contribution >= 4 is 44.8 Å². The van der Waals surface area contributed by atoms with Gasteiger partial charge in [-0.15, -0.1) is 0 Å². The lowest BCUT2D eigenvalue weighted by Gasteiger charge is -2.20. The molecule has 1 aliphatic heterocycles. The monoisotopic (exact) mass is 415 g/mol. The van der Waals surface area contributed by atoms with Crippen LogP contribution >= 0.6 is 15.9 Å². The summed E-state index contributed by atoms with van der Waals surface area (Å²) >= 11 is 3.38. The molecule has 0 spiro atoms. The maximum atomic E-state index is 12.4. The first kappa shape index (κ1) is 18.5. The number of hydrogen-bond acceptors (Lipinski definition) is 3. The predicted molar refractivity (Wildman–Crippen MR) is 109 cm³/mol. The van der Waals surface area contributed by atoms with E-state index in [-0.39, 0.29) is 11.8 Å². The highest BCUT2D eigenvalue weighted by atomic mass is 79.9. The van der Waals surface area contributed by atoms with Crippen LogP contribution in [-0.2, 0) is 9.59 Å². The van der Waals surface area contributed by atoms with E-state index >= 15 is 0 Å². The Labute approximate surface area is 161 Å². The van der Waals surface area contributed by atoms with E-state index in [1.807, 2.05) is 61.2 Å². The molecule has 2 aromatic carbocycles. The second kappa shape index (κ2) is 7.91. The van der Waals surface area contributed by atoms with E-state index in [2.05, 4.69) is 26.6 Å². The molecular weight excluding hydrogens is 394 g/mol. The van der Waals surface area contributed by atoms with Crippen LogP contribution in [-0.4, -0.2) is 24.4 Å². The molecule has 0 radical (unpaired) electrons. The Hall–Kier alpha value is -2.34. The minimum Gasteiger partial charge on any atom is -0.374 e. The van der Waals surface area contributed by atoms with Crippen molar-refractivity contribution in [3.8, 4) is 0 Å². The van der Waals surface area contributed by atoms with Crippen LogP contribution in [0.3, 0.4) is 0 Å². The molecule has 6 heteroatoms. The van der Waals surface area contributed by atoms with E-state index in [1.54, 1.807) is 0 Å². The quantitative estimate of drug-likeness (QED) is 0.763. The number of hydrogen-bond donors (Lipinski definition) is 2. The third kappa shape index (κ3) is 4.25. The smallest absolute Gasteiger partial charge is 0.246 e. The molecule has 1 fully saturated rings. The molecule has 0 aliphatic carbocycles. The maximum Gasteiger partial charge on any atom is 0.246 e. The Kier molecular flexibility index (Phi) is 5.61. The summed E-state index contributed by atoms with van der Waals surface area (Å²) in [7, 11) is 0. The maximum absolute atomic E-state index is 12.4. The minimum absolute atomic E-state index is 0.108. The van der Waals surface area contributed by atoms with Gasteiger partial charge in [-0.3, -0.25) is 9.59 Å². The summed E-state index contributed by atoms with van der Waals surface area (Å²) < 4.78 is 0.966. The molecule has 0 bridgehead atoms. The van der Waals surface area contributed by atoms with Crippen molar-refractivity contribution in [2.75, 3.05) is 22.1 Å². The molecule has 3 rings (SSSR count). The van der Waals surface area contributed by atoms with Gasteiger partial charge in [-0.1, -0.05) is 15.9 Å². The number of anilines is 3. The third-order valence-electron chi connectivity index (χ3n) is 4.45. The summed E-state index contributed by atoms with van der Waals surface area (Å²) in [5.41, 5.74) is 3.58. The molecule has 0 aromatic heterocycles. The van der Waals surface area contributed by atoms with Gasteiger partial charge in [0.25, 0.3) is 0 Å². The molecule has 2 amide bonds. The van der Waals surface area contributed by atoms with Crippen molar-refractivity contribution in [1.29, 1.82) is 0 Å².